The summed E-state index contributed by atoms with van der Waals surface area (Å²) in [4.78, 5) is 22.5. The van der Waals surface area contributed by atoms with E-state index in [1.165, 1.54) is 0 Å². The molecule has 0 aliphatic carbocycles. The van der Waals surface area contributed by atoms with Crippen LogP contribution >= 0.6 is 0 Å². The minimum absolute atomic E-state index is 0.181. The van der Waals surface area contributed by atoms with Gasteiger partial charge in [-0.25, -0.2) is 4.79 Å². The first kappa shape index (κ1) is 11.8. The van der Waals surface area contributed by atoms with E-state index in [0.717, 1.165) is 0 Å². The molecule has 5 heteroatoms. The molecule has 0 radical (unpaired) electrons. The van der Waals surface area contributed by atoms with Crippen molar-refractivity contribution in [3.05, 3.63) is 0 Å². The molecule has 1 heterocycles. The molecule has 0 aromatic heterocycles. The van der Waals surface area contributed by atoms with E-state index in [1.54, 1.807) is 6.92 Å². The molecule has 0 saturated carbocycles. The molecule has 0 spiro atoms. The van der Waals surface area contributed by atoms with Crippen molar-refractivity contribution in [3.63, 3.8) is 0 Å². The Balaban J connectivity index is 2.67. The third kappa shape index (κ3) is 2.61. The molecular weight excluding hydrogens is 196 g/mol. The van der Waals surface area contributed by atoms with Crippen molar-refractivity contribution in [1.82, 2.24) is 10.6 Å². The summed E-state index contributed by atoms with van der Waals surface area (Å²) >= 11 is 0. The highest BCUT2D eigenvalue weighted by Crippen LogP contribution is 2.24. The summed E-state index contributed by atoms with van der Waals surface area (Å²) in [5, 5.41) is 5.49. The van der Waals surface area contributed by atoms with Crippen LogP contribution in [0.25, 0.3) is 0 Å². The summed E-state index contributed by atoms with van der Waals surface area (Å²) in [6, 6.07) is -0.215. The van der Waals surface area contributed by atoms with Gasteiger partial charge in [0.25, 0.3) is 0 Å². The van der Waals surface area contributed by atoms with Gasteiger partial charge in [-0.05, 0) is 12.8 Å². The average Bonchev–Trinajstić information content (AvgIpc) is 2.49. The number of esters is 1. The lowest BCUT2D eigenvalue weighted by Crippen LogP contribution is -2.50. The Morgan fingerprint density at radius 1 is 1.60 bits per heavy atom. The highest BCUT2D eigenvalue weighted by molar-refractivity contribution is 5.80. The molecule has 1 unspecified atom stereocenters. The third-order valence-electron chi connectivity index (χ3n) is 2.80. The third-order valence-corrected chi connectivity index (χ3v) is 2.80. The molecule has 1 saturated heterocycles. The number of carbonyl (C=O) groups excluding carboxylic acids is 2. The monoisotopic (exact) mass is 214 g/mol. The molecular formula is C10H18N2O3. The van der Waals surface area contributed by atoms with Crippen LogP contribution in [0.15, 0.2) is 0 Å². The van der Waals surface area contributed by atoms with Crippen molar-refractivity contribution in [1.29, 1.82) is 0 Å². The highest BCUT2D eigenvalue weighted by Gasteiger charge is 2.42. The summed E-state index contributed by atoms with van der Waals surface area (Å²) in [5.74, 6) is -0.0870. The van der Waals surface area contributed by atoms with E-state index in [9.17, 15) is 9.59 Å². The number of ether oxygens (including phenoxy) is 1. The zero-order chi connectivity index (χ0) is 11.5. The molecule has 5 nitrogen and oxygen atoms in total. The van der Waals surface area contributed by atoms with E-state index in [-0.39, 0.29) is 24.3 Å². The number of nitrogens with one attached hydrogen (secondary N) is 2. The van der Waals surface area contributed by atoms with Gasteiger partial charge in [-0.2, -0.15) is 0 Å². The quantitative estimate of drug-likeness (QED) is 0.675. The second-order valence-electron chi connectivity index (χ2n) is 4.10. The summed E-state index contributed by atoms with van der Waals surface area (Å²) in [6.45, 7) is 6.57. The zero-order valence-electron chi connectivity index (χ0n) is 9.42. The Hall–Kier alpha value is -1.26. The van der Waals surface area contributed by atoms with Crippen molar-refractivity contribution < 1.29 is 14.3 Å². The van der Waals surface area contributed by atoms with E-state index >= 15 is 0 Å². The van der Waals surface area contributed by atoms with Crippen LogP contribution in [0.3, 0.4) is 0 Å². The number of hydrogen-bond acceptors (Lipinski definition) is 3. The van der Waals surface area contributed by atoms with E-state index in [2.05, 4.69) is 10.6 Å². The topological polar surface area (TPSA) is 67.4 Å². The van der Waals surface area contributed by atoms with Gasteiger partial charge in [-0.1, -0.05) is 13.8 Å². The predicted molar refractivity (Wildman–Crippen MR) is 55.4 cm³/mol. The minimum Gasteiger partial charge on any atom is -0.466 e. The van der Waals surface area contributed by atoms with E-state index in [0.29, 0.717) is 13.2 Å². The number of urea groups is 1. The van der Waals surface area contributed by atoms with Crippen molar-refractivity contribution in [2.45, 2.75) is 32.7 Å². The Bertz CT molecular complexity index is 265. The molecule has 1 rings (SSSR count). The maximum absolute atomic E-state index is 11.4. The maximum Gasteiger partial charge on any atom is 0.315 e. The molecule has 86 valence electrons. The Morgan fingerprint density at radius 2 is 2.27 bits per heavy atom. The predicted octanol–water partition coefficient (Wildman–Crippen LogP) is 0.647. The SMILES string of the molecule is CCOC(=O)CC1(C(C)C)CNC(=O)N1. The van der Waals surface area contributed by atoms with Gasteiger partial charge in [0.15, 0.2) is 0 Å². The maximum atomic E-state index is 11.4. The van der Waals surface area contributed by atoms with Crippen LogP contribution in [-0.2, 0) is 9.53 Å². The molecule has 0 aromatic rings. The molecule has 0 aromatic carbocycles. The fraction of sp³-hybridized carbons (Fsp3) is 0.800. The first-order valence-electron chi connectivity index (χ1n) is 5.22. The number of rotatable bonds is 4. The van der Waals surface area contributed by atoms with E-state index < -0.39 is 5.54 Å². The van der Waals surface area contributed by atoms with Gasteiger partial charge in [0, 0.05) is 6.54 Å². The fourth-order valence-electron chi connectivity index (χ4n) is 1.68. The van der Waals surface area contributed by atoms with E-state index in [4.69, 9.17) is 4.74 Å². The second kappa shape index (κ2) is 4.51. The van der Waals surface area contributed by atoms with Crippen LogP contribution in [0.4, 0.5) is 4.79 Å². The summed E-state index contributed by atoms with van der Waals surface area (Å²) in [7, 11) is 0. The normalized spacial score (nSPS) is 24.9. The molecule has 1 atom stereocenters. The first-order valence-corrected chi connectivity index (χ1v) is 5.22. The highest BCUT2D eigenvalue weighted by atomic mass is 16.5. The molecule has 1 aliphatic rings. The standard InChI is InChI=1S/C10H18N2O3/c1-4-15-8(13)5-10(7(2)3)6-11-9(14)12-10/h7H,4-6H2,1-3H3,(H2,11,12,14). The van der Waals surface area contributed by atoms with Gasteiger partial charge < -0.3 is 15.4 Å². The fourth-order valence-corrected chi connectivity index (χ4v) is 1.68. The average molecular weight is 214 g/mol. The van der Waals surface area contributed by atoms with Crippen LogP contribution in [0.5, 0.6) is 0 Å². The van der Waals surface area contributed by atoms with Gasteiger partial charge in [-0.3, -0.25) is 4.79 Å². The van der Waals surface area contributed by atoms with E-state index in [1.807, 2.05) is 13.8 Å². The van der Waals surface area contributed by atoms with Crippen molar-refractivity contribution in [2.75, 3.05) is 13.2 Å². The number of carbonyl (C=O) groups is 2. The Morgan fingerprint density at radius 3 is 2.67 bits per heavy atom. The molecule has 2 N–H and O–H groups in total. The second-order valence-corrected chi connectivity index (χ2v) is 4.10. The first-order chi connectivity index (χ1) is 7.00. The van der Waals surface area contributed by atoms with Crippen LogP contribution in [0, 0.1) is 5.92 Å². The smallest absolute Gasteiger partial charge is 0.315 e. The summed E-state index contributed by atoms with van der Waals surface area (Å²) in [5.41, 5.74) is -0.497. The number of amides is 2. The molecule has 0 bridgehead atoms. The lowest BCUT2D eigenvalue weighted by molar-refractivity contribution is -0.145. The zero-order valence-corrected chi connectivity index (χ0v) is 9.42. The van der Waals surface area contributed by atoms with Crippen LogP contribution < -0.4 is 10.6 Å². The van der Waals surface area contributed by atoms with Gasteiger partial charge >= 0.3 is 12.0 Å². The summed E-state index contributed by atoms with van der Waals surface area (Å²) < 4.78 is 4.90. The van der Waals surface area contributed by atoms with Gasteiger partial charge in [-0.15, -0.1) is 0 Å². The Kier molecular flexibility index (Phi) is 3.55. The minimum atomic E-state index is -0.497. The molecule has 2 amide bonds. The van der Waals surface area contributed by atoms with Gasteiger partial charge in [0.1, 0.15) is 0 Å². The van der Waals surface area contributed by atoms with Crippen LogP contribution in [0.1, 0.15) is 27.2 Å². The lowest BCUT2D eigenvalue weighted by atomic mass is 9.84. The van der Waals surface area contributed by atoms with Crippen LogP contribution in [0.2, 0.25) is 0 Å². The molecule has 15 heavy (non-hydrogen) atoms. The van der Waals surface area contributed by atoms with Gasteiger partial charge in [0.05, 0.1) is 18.6 Å². The van der Waals surface area contributed by atoms with Crippen LogP contribution in [-0.4, -0.2) is 30.7 Å². The Labute approximate surface area is 89.6 Å². The molecule has 1 fully saturated rings. The van der Waals surface area contributed by atoms with Crippen molar-refractivity contribution in [3.8, 4) is 0 Å². The summed E-state index contributed by atoms with van der Waals surface area (Å²) in [6.07, 6.45) is 0.219. The lowest BCUT2D eigenvalue weighted by Gasteiger charge is -2.30. The molecule has 1 aliphatic heterocycles. The largest absolute Gasteiger partial charge is 0.466 e. The van der Waals surface area contributed by atoms with Crippen molar-refractivity contribution in [2.24, 2.45) is 5.92 Å². The number of hydrogen-bond donors (Lipinski definition) is 2. The van der Waals surface area contributed by atoms with Gasteiger partial charge in [0.2, 0.25) is 0 Å². The van der Waals surface area contributed by atoms with Crippen molar-refractivity contribution >= 4 is 12.0 Å².